The third-order valence-corrected chi connectivity index (χ3v) is 5.99. The Morgan fingerprint density at radius 2 is 1.93 bits per heavy atom. The summed E-state index contributed by atoms with van der Waals surface area (Å²) in [5.74, 6) is 1.61. The first-order valence-electron chi connectivity index (χ1n) is 5.44. The predicted molar refractivity (Wildman–Crippen MR) is 66.7 cm³/mol. The molecule has 0 aromatic heterocycles. The van der Waals surface area contributed by atoms with E-state index in [1.807, 2.05) is 25.6 Å². The van der Waals surface area contributed by atoms with Crippen molar-refractivity contribution in [1.29, 1.82) is 0 Å². The van der Waals surface area contributed by atoms with Gasteiger partial charge in [0.15, 0.2) is 0 Å². The third kappa shape index (κ3) is 3.64. The van der Waals surface area contributed by atoms with Crippen molar-refractivity contribution in [2.24, 2.45) is 5.92 Å². The molecule has 1 fully saturated rings. The average Bonchev–Trinajstić information content (AvgIpc) is 2.37. The molecule has 0 aromatic carbocycles. The molecular formula is C10H21NO2S2. The second kappa shape index (κ2) is 5.06. The summed E-state index contributed by atoms with van der Waals surface area (Å²) in [5.41, 5.74) is 0. The Morgan fingerprint density at radius 3 is 2.33 bits per heavy atom. The summed E-state index contributed by atoms with van der Waals surface area (Å²) in [4.78, 5) is 0. The molecule has 1 rings (SSSR count). The van der Waals surface area contributed by atoms with E-state index in [-0.39, 0.29) is 6.04 Å². The topological polar surface area (TPSA) is 37.4 Å². The van der Waals surface area contributed by atoms with Crippen molar-refractivity contribution in [3.63, 3.8) is 0 Å². The Balaban J connectivity index is 2.55. The van der Waals surface area contributed by atoms with Crippen molar-refractivity contribution in [2.45, 2.75) is 39.0 Å². The van der Waals surface area contributed by atoms with Crippen LogP contribution in [-0.4, -0.2) is 42.1 Å². The molecule has 0 N–H and O–H groups in total. The summed E-state index contributed by atoms with van der Waals surface area (Å²) in [6.45, 7) is 8.88. The molecule has 0 aliphatic carbocycles. The van der Waals surface area contributed by atoms with Crippen molar-refractivity contribution in [3.8, 4) is 0 Å². The Hall–Kier alpha value is 0.260. The van der Waals surface area contributed by atoms with E-state index in [2.05, 4.69) is 13.8 Å². The number of sulfonamides is 1. The average molecular weight is 251 g/mol. The summed E-state index contributed by atoms with van der Waals surface area (Å²) < 4.78 is 25.2. The zero-order chi connectivity index (χ0) is 11.6. The summed E-state index contributed by atoms with van der Waals surface area (Å²) in [6, 6.07) is 0.101. The predicted octanol–water partition coefficient (Wildman–Crippen LogP) is 1.80. The highest BCUT2D eigenvalue weighted by molar-refractivity contribution is 7.99. The molecule has 1 saturated heterocycles. The third-order valence-electron chi connectivity index (χ3n) is 2.48. The van der Waals surface area contributed by atoms with Gasteiger partial charge in [-0.25, -0.2) is 8.42 Å². The lowest BCUT2D eigenvalue weighted by Crippen LogP contribution is -2.32. The van der Waals surface area contributed by atoms with E-state index in [1.165, 1.54) is 0 Å². The maximum Gasteiger partial charge on any atom is 0.214 e. The zero-order valence-electron chi connectivity index (χ0n) is 9.93. The van der Waals surface area contributed by atoms with E-state index in [0.717, 1.165) is 5.75 Å². The fourth-order valence-electron chi connectivity index (χ4n) is 1.78. The quantitative estimate of drug-likeness (QED) is 0.764. The molecule has 90 valence electrons. The van der Waals surface area contributed by atoms with Crippen LogP contribution in [0.5, 0.6) is 0 Å². The van der Waals surface area contributed by atoms with Crippen LogP contribution in [0.2, 0.25) is 0 Å². The summed E-state index contributed by atoms with van der Waals surface area (Å²) >= 11 is 1.85. The molecule has 1 aliphatic heterocycles. The molecule has 1 heterocycles. The van der Waals surface area contributed by atoms with Gasteiger partial charge in [0.05, 0.1) is 5.75 Å². The van der Waals surface area contributed by atoms with Crippen LogP contribution in [-0.2, 0) is 10.0 Å². The van der Waals surface area contributed by atoms with E-state index >= 15 is 0 Å². The van der Waals surface area contributed by atoms with Crippen molar-refractivity contribution in [1.82, 2.24) is 4.31 Å². The molecule has 15 heavy (non-hydrogen) atoms. The molecule has 0 spiro atoms. The van der Waals surface area contributed by atoms with Gasteiger partial charge in [-0.2, -0.15) is 16.1 Å². The standard InChI is InChI=1S/C10H21NO2S2/c1-8(2)11-5-10(6-14-9(3)4)7-15(11,12)13/h8-10H,5-7H2,1-4H3. The largest absolute Gasteiger partial charge is 0.214 e. The Bertz CT molecular complexity index is 299. The Labute approximate surface area is 97.7 Å². The van der Waals surface area contributed by atoms with Crippen molar-refractivity contribution < 1.29 is 8.42 Å². The van der Waals surface area contributed by atoms with Crippen LogP contribution in [0.25, 0.3) is 0 Å². The van der Waals surface area contributed by atoms with Gasteiger partial charge in [-0.3, -0.25) is 0 Å². The van der Waals surface area contributed by atoms with Gasteiger partial charge in [-0.05, 0) is 30.8 Å². The summed E-state index contributed by atoms with van der Waals surface area (Å²) in [5, 5.41) is 0.584. The molecule has 1 aliphatic rings. The number of nitrogens with zero attached hydrogens (tertiary/aromatic N) is 1. The van der Waals surface area contributed by atoms with E-state index in [1.54, 1.807) is 4.31 Å². The first kappa shape index (κ1) is 13.3. The smallest absolute Gasteiger partial charge is 0.212 e. The minimum atomic E-state index is -2.96. The first-order chi connectivity index (χ1) is 6.83. The molecule has 0 aromatic rings. The Morgan fingerprint density at radius 1 is 1.33 bits per heavy atom. The highest BCUT2D eigenvalue weighted by atomic mass is 32.2. The minimum absolute atomic E-state index is 0.101. The van der Waals surface area contributed by atoms with Crippen molar-refractivity contribution in [2.75, 3.05) is 18.1 Å². The number of thioether (sulfide) groups is 1. The van der Waals surface area contributed by atoms with E-state index in [9.17, 15) is 8.42 Å². The van der Waals surface area contributed by atoms with E-state index in [0.29, 0.717) is 23.5 Å². The molecule has 3 nitrogen and oxygen atoms in total. The van der Waals surface area contributed by atoms with Crippen LogP contribution in [0.4, 0.5) is 0 Å². The highest BCUT2D eigenvalue weighted by Crippen LogP contribution is 2.26. The fourth-order valence-corrected chi connectivity index (χ4v) is 4.90. The Kier molecular flexibility index (Phi) is 4.50. The molecule has 0 amide bonds. The van der Waals surface area contributed by atoms with Gasteiger partial charge in [-0.15, -0.1) is 0 Å². The minimum Gasteiger partial charge on any atom is -0.212 e. The lowest BCUT2D eigenvalue weighted by atomic mass is 10.2. The maximum atomic E-state index is 11.8. The zero-order valence-corrected chi connectivity index (χ0v) is 11.6. The molecule has 5 heteroatoms. The number of rotatable bonds is 4. The van der Waals surface area contributed by atoms with Crippen LogP contribution >= 0.6 is 11.8 Å². The molecule has 0 bridgehead atoms. The van der Waals surface area contributed by atoms with E-state index < -0.39 is 10.0 Å². The molecule has 0 saturated carbocycles. The molecular weight excluding hydrogens is 230 g/mol. The van der Waals surface area contributed by atoms with Gasteiger partial charge in [0, 0.05) is 12.6 Å². The molecule has 1 unspecified atom stereocenters. The maximum absolute atomic E-state index is 11.8. The summed E-state index contributed by atoms with van der Waals surface area (Å²) in [6.07, 6.45) is 0. The van der Waals surface area contributed by atoms with Gasteiger partial charge in [0.25, 0.3) is 0 Å². The second-order valence-electron chi connectivity index (χ2n) is 4.69. The van der Waals surface area contributed by atoms with Crippen LogP contribution in [0.15, 0.2) is 0 Å². The normalized spacial score (nSPS) is 26.7. The second-order valence-corrected chi connectivity index (χ2v) is 8.27. The molecule has 0 radical (unpaired) electrons. The van der Waals surface area contributed by atoms with Crippen LogP contribution in [0, 0.1) is 5.92 Å². The van der Waals surface area contributed by atoms with Gasteiger partial charge >= 0.3 is 0 Å². The fraction of sp³-hybridized carbons (Fsp3) is 1.00. The highest BCUT2D eigenvalue weighted by Gasteiger charge is 2.37. The molecule has 1 atom stereocenters. The number of hydrogen-bond donors (Lipinski definition) is 0. The van der Waals surface area contributed by atoms with E-state index in [4.69, 9.17) is 0 Å². The lowest BCUT2D eigenvalue weighted by molar-refractivity contribution is 0.358. The monoisotopic (exact) mass is 251 g/mol. The van der Waals surface area contributed by atoms with Gasteiger partial charge in [-0.1, -0.05) is 13.8 Å². The number of hydrogen-bond acceptors (Lipinski definition) is 3. The van der Waals surface area contributed by atoms with Crippen molar-refractivity contribution in [3.05, 3.63) is 0 Å². The van der Waals surface area contributed by atoms with Gasteiger partial charge in [0.2, 0.25) is 10.0 Å². The van der Waals surface area contributed by atoms with Crippen molar-refractivity contribution >= 4 is 21.8 Å². The first-order valence-corrected chi connectivity index (χ1v) is 8.10. The van der Waals surface area contributed by atoms with Gasteiger partial charge < -0.3 is 0 Å². The van der Waals surface area contributed by atoms with Crippen LogP contribution in [0.3, 0.4) is 0 Å². The SMILES string of the molecule is CC(C)SCC1CN(C(C)C)S(=O)(=O)C1. The van der Waals surface area contributed by atoms with Crippen LogP contribution in [0.1, 0.15) is 27.7 Å². The van der Waals surface area contributed by atoms with Crippen LogP contribution < -0.4 is 0 Å². The lowest BCUT2D eigenvalue weighted by Gasteiger charge is -2.18. The van der Waals surface area contributed by atoms with Gasteiger partial charge in [0.1, 0.15) is 0 Å². The summed E-state index contributed by atoms with van der Waals surface area (Å²) in [7, 11) is -2.96.